The molecule has 6 nitrogen and oxygen atoms in total. The van der Waals surface area contributed by atoms with Crippen LogP contribution in [-0.2, 0) is 4.79 Å². The lowest BCUT2D eigenvalue weighted by Crippen LogP contribution is -2.48. The lowest BCUT2D eigenvalue weighted by atomic mass is 10.1. The van der Waals surface area contributed by atoms with E-state index < -0.39 is 0 Å². The quantitative estimate of drug-likeness (QED) is 0.749. The molecule has 2 fully saturated rings. The molecular formula is C23H29N5O. The van der Waals surface area contributed by atoms with Gasteiger partial charge in [0.25, 0.3) is 0 Å². The third-order valence-corrected chi connectivity index (χ3v) is 5.71. The minimum Gasteiger partial charge on any atom is -0.372 e. The van der Waals surface area contributed by atoms with Gasteiger partial charge in [-0.2, -0.15) is 0 Å². The van der Waals surface area contributed by atoms with Crippen LogP contribution in [0.5, 0.6) is 0 Å². The Morgan fingerprint density at radius 1 is 0.793 bits per heavy atom. The molecule has 1 aromatic heterocycles. The SMILES string of the molecule is O=C(C=Cc1ccc(N2CCCCCC2)cc1)N1CCN(c2ncccn2)CC1. The topological polar surface area (TPSA) is 52.6 Å². The van der Waals surface area contributed by atoms with Gasteiger partial charge in [-0.25, -0.2) is 9.97 Å². The van der Waals surface area contributed by atoms with Crippen LogP contribution < -0.4 is 9.80 Å². The average Bonchev–Trinajstić information content (AvgIpc) is 3.08. The number of amides is 1. The van der Waals surface area contributed by atoms with E-state index in [0.29, 0.717) is 13.1 Å². The zero-order valence-electron chi connectivity index (χ0n) is 16.9. The van der Waals surface area contributed by atoms with Crippen molar-refractivity contribution >= 4 is 23.6 Å². The van der Waals surface area contributed by atoms with Crippen molar-refractivity contribution < 1.29 is 4.79 Å². The summed E-state index contributed by atoms with van der Waals surface area (Å²) in [5.41, 5.74) is 2.35. The highest BCUT2D eigenvalue weighted by Gasteiger charge is 2.21. The van der Waals surface area contributed by atoms with Gasteiger partial charge in [-0.3, -0.25) is 4.79 Å². The van der Waals surface area contributed by atoms with Crippen molar-refractivity contribution in [3.05, 3.63) is 54.4 Å². The maximum Gasteiger partial charge on any atom is 0.246 e. The molecule has 1 aromatic carbocycles. The molecule has 0 aliphatic carbocycles. The highest BCUT2D eigenvalue weighted by atomic mass is 16.2. The highest BCUT2D eigenvalue weighted by Crippen LogP contribution is 2.20. The zero-order chi connectivity index (χ0) is 19.9. The van der Waals surface area contributed by atoms with E-state index in [2.05, 4.69) is 44.0 Å². The van der Waals surface area contributed by atoms with E-state index in [1.807, 2.05) is 17.0 Å². The summed E-state index contributed by atoms with van der Waals surface area (Å²) < 4.78 is 0. The standard InChI is InChI=1S/C23H29N5O/c29-22(27-16-18-28(19-17-27)23-24-12-5-13-25-23)11-8-20-6-9-21(10-7-20)26-14-3-1-2-4-15-26/h5-13H,1-4,14-19H2. The molecule has 0 N–H and O–H groups in total. The number of hydrogen-bond acceptors (Lipinski definition) is 5. The molecule has 2 aliphatic heterocycles. The number of piperazine rings is 1. The smallest absolute Gasteiger partial charge is 0.246 e. The van der Waals surface area contributed by atoms with Gasteiger partial charge in [-0.1, -0.05) is 25.0 Å². The first-order valence-corrected chi connectivity index (χ1v) is 10.6. The first-order chi connectivity index (χ1) is 14.3. The average molecular weight is 392 g/mol. The van der Waals surface area contributed by atoms with Gasteiger partial charge >= 0.3 is 0 Å². The molecule has 4 rings (SSSR count). The van der Waals surface area contributed by atoms with Crippen LogP contribution in [0.4, 0.5) is 11.6 Å². The maximum absolute atomic E-state index is 12.5. The van der Waals surface area contributed by atoms with Crippen LogP contribution in [-0.4, -0.2) is 60.0 Å². The second kappa shape index (κ2) is 9.54. The number of nitrogens with zero attached hydrogens (tertiary/aromatic N) is 5. The highest BCUT2D eigenvalue weighted by molar-refractivity contribution is 5.92. The lowest BCUT2D eigenvalue weighted by Gasteiger charge is -2.34. The van der Waals surface area contributed by atoms with Crippen LogP contribution in [0.1, 0.15) is 31.2 Å². The van der Waals surface area contributed by atoms with Crippen LogP contribution >= 0.6 is 0 Å². The number of carbonyl (C=O) groups excluding carboxylic acids is 1. The van der Waals surface area contributed by atoms with Gasteiger partial charge in [-0.15, -0.1) is 0 Å². The van der Waals surface area contributed by atoms with Gasteiger partial charge < -0.3 is 14.7 Å². The van der Waals surface area contributed by atoms with Crippen molar-refractivity contribution in [2.24, 2.45) is 0 Å². The van der Waals surface area contributed by atoms with E-state index in [-0.39, 0.29) is 5.91 Å². The number of aromatic nitrogens is 2. The Kier molecular flexibility index (Phi) is 6.39. The summed E-state index contributed by atoms with van der Waals surface area (Å²) in [6, 6.07) is 10.4. The first kappa shape index (κ1) is 19.4. The van der Waals surface area contributed by atoms with Crippen LogP contribution in [0.3, 0.4) is 0 Å². The van der Waals surface area contributed by atoms with Gasteiger partial charge in [0.1, 0.15) is 0 Å². The lowest BCUT2D eigenvalue weighted by molar-refractivity contribution is -0.126. The molecule has 0 radical (unpaired) electrons. The minimum absolute atomic E-state index is 0.0650. The van der Waals surface area contributed by atoms with Crippen LogP contribution in [0.2, 0.25) is 0 Å². The fourth-order valence-electron chi connectivity index (χ4n) is 3.98. The molecule has 3 heterocycles. The summed E-state index contributed by atoms with van der Waals surface area (Å²) in [5.74, 6) is 0.801. The van der Waals surface area contributed by atoms with Gasteiger partial charge in [0, 0.05) is 63.4 Å². The first-order valence-electron chi connectivity index (χ1n) is 10.6. The second-order valence-electron chi connectivity index (χ2n) is 7.69. The van der Waals surface area contributed by atoms with E-state index >= 15 is 0 Å². The van der Waals surface area contributed by atoms with Gasteiger partial charge in [0.05, 0.1) is 0 Å². The van der Waals surface area contributed by atoms with E-state index in [1.54, 1.807) is 18.5 Å². The second-order valence-corrected chi connectivity index (χ2v) is 7.69. The molecule has 6 heteroatoms. The van der Waals surface area contributed by atoms with Crippen LogP contribution in [0.25, 0.3) is 6.08 Å². The largest absolute Gasteiger partial charge is 0.372 e. The Morgan fingerprint density at radius 2 is 1.45 bits per heavy atom. The Morgan fingerprint density at radius 3 is 2.10 bits per heavy atom. The van der Waals surface area contributed by atoms with Crippen molar-refractivity contribution in [2.45, 2.75) is 25.7 Å². The summed E-state index contributed by atoms with van der Waals surface area (Å²) in [7, 11) is 0. The fourth-order valence-corrected chi connectivity index (χ4v) is 3.98. The van der Waals surface area contributed by atoms with Gasteiger partial charge in [0.15, 0.2) is 0 Å². The van der Waals surface area contributed by atoms with Crippen molar-refractivity contribution in [3.8, 4) is 0 Å². The van der Waals surface area contributed by atoms with Crippen LogP contribution in [0, 0.1) is 0 Å². The Bertz CT molecular complexity index is 805. The number of benzene rings is 1. The predicted molar refractivity (Wildman–Crippen MR) is 117 cm³/mol. The fraction of sp³-hybridized carbons (Fsp3) is 0.435. The third kappa shape index (κ3) is 5.13. The monoisotopic (exact) mass is 391 g/mol. The van der Waals surface area contributed by atoms with Crippen LogP contribution in [0.15, 0.2) is 48.8 Å². The summed E-state index contributed by atoms with van der Waals surface area (Å²) in [5, 5.41) is 0. The zero-order valence-corrected chi connectivity index (χ0v) is 16.9. The molecule has 0 unspecified atom stereocenters. The van der Waals surface area contributed by atoms with Crippen molar-refractivity contribution in [1.29, 1.82) is 0 Å². The predicted octanol–water partition coefficient (Wildman–Crippen LogP) is 3.22. The molecule has 152 valence electrons. The number of anilines is 2. The molecule has 0 saturated carbocycles. The molecule has 0 bridgehead atoms. The van der Waals surface area contributed by atoms with Gasteiger partial charge in [0.2, 0.25) is 11.9 Å². The molecule has 0 spiro atoms. The third-order valence-electron chi connectivity index (χ3n) is 5.71. The molecule has 1 amide bonds. The Balaban J connectivity index is 1.29. The summed E-state index contributed by atoms with van der Waals surface area (Å²) in [4.78, 5) is 27.6. The maximum atomic E-state index is 12.5. The van der Waals surface area contributed by atoms with E-state index in [4.69, 9.17) is 0 Å². The molecule has 2 aliphatic rings. The van der Waals surface area contributed by atoms with Gasteiger partial charge in [-0.05, 0) is 42.7 Å². The molecule has 29 heavy (non-hydrogen) atoms. The number of carbonyl (C=O) groups is 1. The normalized spacial score (nSPS) is 18.1. The summed E-state index contributed by atoms with van der Waals surface area (Å²) in [6.07, 6.45) is 12.3. The molecule has 2 aromatic rings. The Hall–Kier alpha value is -2.89. The van der Waals surface area contributed by atoms with Crippen molar-refractivity contribution in [2.75, 3.05) is 49.1 Å². The summed E-state index contributed by atoms with van der Waals surface area (Å²) >= 11 is 0. The van der Waals surface area contributed by atoms with E-state index in [9.17, 15) is 4.79 Å². The van der Waals surface area contributed by atoms with Crippen molar-refractivity contribution in [3.63, 3.8) is 0 Å². The molecule has 2 saturated heterocycles. The van der Waals surface area contributed by atoms with Crippen molar-refractivity contribution in [1.82, 2.24) is 14.9 Å². The molecule has 0 atom stereocenters. The molecular weight excluding hydrogens is 362 g/mol. The number of rotatable bonds is 4. The minimum atomic E-state index is 0.0650. The van der Waals surface area contributed by atoms with E-state index in [0.717, 1.165) is 37.7 Å². The van der Waals surface area contributed by atoms with E-state index in [1.165, 1.54) is 31.4 Å². The Labute approximate surface area is 172 Å². The summed E-state index contributed by atoms with van der Waals surface area (Å²) in [6.45, 7) is 5.19. The number of hydrogen-bond donors (Lipinski definition) is 0.